The SMILES string of the molecule is CCCCNC(=O)c1ccc(NCCC)cc1.CNCCOCCOCC(=O)NCCOCCOCC(=O)NC(C)C(=O)NC. The summed E-state index contributed by atoms with van der Waals surface area (Å²) in [5.41, 5.74) is 1.79. The van der Waals surface area contributed by atoms with Crippen LogP contribution in [0.2, 0.25) is 0 Å². The monoisotopic (exact) mass is 640 g/mol. The van der Waals surface area contributed by atoms with E-state index >= 15 is 0 Å². The van der Waals surface area contributed by atoms with Crippen molar-refractivity contribution in [2.75, 3.05) is 98.4 Å². The highest BCUT2D eigenvalue weighted by molar-refractivity contribution is 5.94. The Bertz CT molecular complexity index is 920. The van der Waals surface area contributed by atoms with E-state index in [1.807, 2.05) is 31.3 Å². The molecule has 1 rings (SSSR count). The summed E-state index contributed by atoms with van der Waals surface area (Å²) >= 11 is 0. The van der Waals surface area contributed by atoms with Gasteiger partial charge in [0, 0.05) is 44.5 Å². The number of hydrogen-bond donors (Lipinski definition) is 6. The third-order valence-electron chi connectivity index (χ3n) is 5.83. The van der Waals surface area contributed by atoms with Crippen LogP contribution in [0.3, 0.4) is 0 Å². The average Bonchev–Trinajstić information content (AvgIpc) is 3.04. The normalized spacial score (nSPS) is 11.0. The Morgan fingerprint density at radius 3 is 1.87 bits per heavy atom. The summed E-state index contributed by atoms with van der Waals surface area (Å²) in [7, 11) is 3.34. The maximum atomic E-state index is 11.7. The van der Waals surface area contributed by atoms with Crippen molar-refractivity contribution in [1.82, 2.24) is 26.6 Å². The highest BCUT2D eigenvalue weighted by atomic mass is 16.5. The number of amides is 4. The van der Waals surface area contributed by atoms with Gasteiger partial charge in [-0.15, -0.1) is 0 Å². The van der Waals surface area contributed by atoms with Crippen molar-refractivity contribution in [3.8, 4) is 0 Å². The highest BCUT2D eigenvalue weighted by Crippen LogP contribution is 2.09. The smallest absolute Gasteiger partial charge is 0.251 e. The van der Waals surface area contributed by atoms with Gasteiger partial charge in [-0.05, 0) is 51.1 Å². The minimum atomic E-state index is -0.615. The van der Waals surface area contributed by atoms with Gasteiger partial charge in [0.1, 0.15) is 19.3 Å². The van der Waals surface area contributed by atoms with E-state index in [0.717, 1.165) is 50.1 Å². The average molecular weight is 641 g/mol. The Balaban J connectivity index is 0.000000966. The van der Waals surface area contributed by atoms with E-state index in [9.17, 15) is 19.2 Å². The van der Waals surface area contributed by atoms with Gasteiger partial charge < -0.3 is 50.8 Å². The molecule has 4 amide bonds. The van der Waals surface area contributed by atoms with Gasteiger partial charge in [0.15, 0.2) is 0 Å². The fourth-order valence-corrected chi connectivity index (χ4v) is 3.31. The molecule has 0 radical (unpaired) electrons. The van der Waals surface area contributed by atoms with E-state index in [1.54, 1.807) is 6.92 Å². The third-order valence-corrected chi connectivity index (χ3v) is 5.83. The molecule has 258 valence electrons. The van der Waals surface area contributed by atoms with Crippen molar-refractivity contribution in [2.45, 2.75) is 46.1 Å². The first-order chi connectivity index (χ1) is 21.8. The number of rotatable bonds is 25. The number of carbonyl (C=O) groups is 4. The molecule has 0 heterocycles. The second kappa shape index (κ2) is 29.4. The van der Waals surface area contributed by atoms with Crippen molar-refractivity contribution in [1.29, 1.82) is 0 Å². The van der Waals surface area contributed by atoms with Crippen molar-refractivity contribution < 1.29 is 38.1 Å². The lowest BCUT2D eigenvalue weighted by Crippen LogP contribution is -2.44. The van der Waals surface area contributed by atoms with Crippen LogP contribution >= 0.6 is 0 Å². The molecule has 1 aromatic rings. The van der Waals surface area contributed by atoms with Crippen molar-refractivity contribution in [2.24, 2.45) is 0 Å². The van der Waals surface area contributed by atoms with Gasteiger partial charge in [-0.3, -0.25) is 19.2 Å². The van der Waals surface area contributed by atoms with Crippen LogP contribution in [-0.4, -0.2) is 123 Å². The van der Waals surface area contributed by atoms with Gasteiger partial charge in [0.2, 0.25) is 17.7 Å². The molecule has 0 aliphatic carbocycles. The minimum absolute atomic E-state index is 0.0143. The molecule has 1 unspecified atom stereocenters. The van der Waals surface area contributed by atoms with Gasteiger partial charge in [-0.2, -0.15) is 0 Å². The van der Waals surface area contributed by atoms with Crippen LogP contribution in [0.15, 0.2) is 24.3 Å². The fraction of sp³-hybridized carbons (Fsp3) is 0.677. The summed E-state index contributed by atoms with van der Waals surface area (Å²) in [6, 6.07) is 7.00. The molecule has 45 heavy (non-hydrogen) atoms. The summed E-state index contributed by atoms with van der Waals surface area (Å²) in [6.45, 7) is 10.7. The lowest BCUT2D eigenvalue weighted by atomic mass is 10.2. The first kappa shape index (κ1) is 41.7. The number of likely N-dealkylation sites (N-methyl/N-ethyl adjacent to an activating group) is 2. The van der Waals surface area contributed by atoms with Crippen LogP contribution in [0.25, 0.3) is 0 Å². The molecule has 0 saturated carbocycles. The first-order valence-corrected chi connectivity index (χ1v) is 15.6. The number of anilines is 1. The number of unbranched alkanes of at least 4 members (excludes halogenated alkanes) is 1. The van der Waals surface area contributed by atoms with E-state index in [1.165, 1.54) is 7.05 Å². The van der Waals surface area contributed by atoms with Crippen LogP contribution in [0, 0.1) is 0 Å². The maximum absolute atomic E-state index is 11.7. The summed E-state index contributed by atoms with van der Waals surface area (Å²) in [6.07, 6.45) is 3.22. The Labute approximate surface area is 268 Å². The lowest BCUT2D eigenvalue weighted by Gasteiger charge is -2.12. The molecular formula is C31H56N6O8. The molecule has 0 bridgehead atoms. The molecule has 0 spiro atoms. The molecule has 14 nitrogen and oxygen atoms in total. The maximum Gasteiger partial charge on any atom is 0.251 e. The zero-order valence-corrected chi connectivity index (χ0v) is 27.8. The van der Waals surface area contributed by atoms with Crippen LogP contribution in [0.4, 0.5) is 5.69 Å². The topological polar surface area (TPSA) is 177 Å². The Kier molecular flexibility index (Phi) is 27.3. The molecular weight excluding hydrogens is 584 g/mol. The molecule has 0 saturated heterocycles. The van der Waals surface area contributed by atoms with E-state index < -0.39 is 6.04 Å². The molecule has 6 N–H and O–H groups in total. The van der Waals surface area contributed by atoms with Crippen molar-refractivity contribution in [3.63, 3.8) is 0 Å². The molecule has 1 atom stereocenters. The second-order valence-corrected chi connectivity index (χ2v) is 9.80. The van der Waals surface area contributed by atoms with E-state index in [0.29, 0.717) is 33.0 Å². The summed E-state index contributed by atoms with van der Waals surface area (Å²) in [5, 5.41) is 16.7. The van der Waals surface area contributed by atoms with E-state index in [4.69, 9.17) is 18.9 Å². The predicted molar refractivity (Wildman–Crippen MR) is 174 cm³/mol. The van der Waals surface area contributed by atoms with Gasteiger partial charge in [0.05, 0.1) is 39.6 Å². The largest absolute Gasteiger partial charge is 0.385 e. The number of carbonyl (C=O) groups excluding carboxylic acids is 4. The molecule has 0 aliphatic heterocycles. The van der Waals surface area contributed by atoms with Crippen LogP contribution in [0.1, 0.15) is 50.4 Å². The zero-order valence-electron chi connectivity index (χ0n) is 27.8. The Morgan fingerprint density at radius 1 is 0.689 bits per heavy atom. The predicted octanol–water partition coefficient (Wildman–Crippen LogP) is 0.678. The number of nitrogens with one attached hydrogen (secondary N) is 6. The summed E-state index contributed by atoms with van der Waals surface area (Å²) in [5.74, 6) is -0.866. The molecule has 1 aromatic carbocycles. The van der Waals surface area contributed by atoms with E-state index in [-0.39, 0.29) is 50.1 Å². The summed E-state index contributed by atoms with van der Waals surface area (Å²) < 4.78 is 20.9. The zero-order chi connectivity index (χ0) is 33.5. The number of ether oxygens (including phenoxy) is 4. The highest BCUT2D eigenvalue weighted by Gasteiger charge is 2.13. The minimum Gasteiger partial charge on any atom is -0.385 e. The Morgan fingerprint density at radius 2 is 1.29 bits per heavy atom. The fourth-order valence-electron chi connectivity index (χ4n) is 3.31. The van der Waals surface area contributed by atoms with Crippen LogP contribution in [-0.2, 0) is 33.3 Å². The standard InChI is InChI=1S/C17H34N4O7.C14H22N2O/c1-14(17(24)19-3)21-16(23)13-28-11-9-26-7-5-20-15(22)12-27-10-8-25-6-4-18-2;1-3-5-11-16-14(17)12-6-8-13(9-7-12)15-10-4-2/h14,18H,4-13H2,1-3H3,(H,19,24)(H,20,22)(H,21,23);6-9,15H,3-5,10-11H2,1-2H3,(H,16,17). The quantitative estimate of drug-likeness (QED) is 0.0833. The van der Waals surface area contributed by atoms with Crippen molar-refractivity contribution >= 4 is 29.3 Å². The van der Waals surface area contributed by atoms with E-state index in [2.05, 4.69) is 45.7 Å². The molecule has 0 aromatic heterocycles. The lowest BCUT2D eigenvalue weighted by molar-refractivity contribution is -0.131. The Hall–Kier alpha value is -3.30. The van der Waals surface area contributed by atoms with Crippen LogP contribution in [0.5, 0.6) is 0 Å². The number of benzene rings is 1. The van der Waals surface area contributed by atoms with Gasteiger partial charge in [-0.25, -0.2) is 0 Å². The second-order valence-electron chi connectivity index (χ2n) is 9.80. The molecule has 0 aliphatic rings. The van der Waals surface area contributed by atoms with Crippen LogP contribution < -0.4 is 31.9 Å². The van der Waals surface area contributed by atoms with Gasteiger partial charge in [-0.1, -0.05) is 20.3 Å². The van der Waals surface area contributed by atoms with Crippen molar-refractivity contribution in [3.05, 3.63) is 29.8 Å². The molecule has 14 heteroatoms. The summed E-state index contributed by atoms with van der Waals surface area (Å²) in [4.78, 5) is 46.0. The first-order valence-electron chi connectivity index (χ1n) is 15.6. The third kappa shape index (κ3) is 24.7. The van der Waals surface area contributed by atoms with Gasteiger partial charge in [0.25, 0.3) is 5.91 Å². The molecule has 0 fully saturated rings. The van der Waals surface area contributed by atoms with Gasteiger partial charge >= 0.3 is 0 Å². The number of hydrogen-bond acceptors (Lipinski definition) is 10.